The maximum Gasteiger partial charge on any atom is 0.327 e. The molecule has 0 aromatic heterocycles. The second-order valence-corrected chi connectivity index (χ2v) is 8.50. The van der Waals surface area contributed by atoms with Crippen molar-refractivity contribution in [1.82, 2.24) is 0 Å². The van der Waals surface area contributed by atoms with E-state index in [0.29, 0.717) is 5.75 Å². The van der Waals surface area contributed by atoms with Crippen molar-refractivity contribution in [3.05, 3.63) is 52.5 Å². The number of sulfonamides is 1. The largest absolute Gasteiger partial charge is 0.497 e. The second-order valence-electron chi connectivity index (χ2n) is 5.83. The van der Waals surface area contributed by atoms with Crippen LogP contribution in [-0.4, -0.2) is 34.1 Å². The van der Waals surface area contributed by atoms with Crippen LogP contribution >= 0.6 is 23.2 Å². The van der Waals surface area contributed by atoms with E-state index in [4.69, 9.17) is 32.7 Å². The van der Waals surface area contributed by atoms with Crippen LogP contribution in [-0.2, 0) is 19.6 Å². The summed E-state index contributed by atoms with van der Waals surface area (Å²) in [4.78, 5) is 12.0. The average molecular weight is 432 g/mol. The molecule has 0 saturated carbocycles. The highest BCUT2D eigenvalue weighted by molar-refractivity contribution is 7.93. The Morgan fingerprint density at radius 1 is 1.15 bits per heavy atom. The first kappa shape index (κ1) is 21.3. The van der Waals surface area contributed by atoms with Gasteiger partial charge < -0.3 is 9.47 Å². The third-order valence-electron chi connectivity index (χ3n) is 3.44. The maximum atomic E-state index is 13.3. The van der Waals surface area contributed by atoms with Crippen molar-refractivity contribution >= 4 is 44.9 Å². The molecule has 2 aromatic rings. The van der Waals surface area contributed by atoms with Gasteiger partial charge in [0, 0.05) is 11.1 Å². The van der Waals surface area contributed by atoms with E-state index in [1.54, 1.807) is 32.0 Å². The van der Waals surface area contributed by atoms with Crippen LogP contribution in [0, 0.1) is 0 Å². The quantitative estimate of drug-likeness (QED) is 0.615. The van der Waals surface area contributed by atoms with Gasteiger partial charge in [-0.15, -0.1) is 0 Å². The summed E-state index contributed by atoms with van der Waals surface area (Å²) in [6, 6.07) is 10.4. The number of hydrogen-bond donors (Lipinski definition) is 0. The third kappa shape index (κ3) is 5.28. The van der Waals surface area contributed by atoms with Crippen LogP contribution in [0.4, 0.5) is 5.69 Å². The first-order valence-electron chi connectivity index (χ1n) is 7.96. The molecule has 0 aliphatic carbocycles. The van der Waals surface area contributed by atoms with E-state index in [1.807, 2.05) is 0 Å². The van der Waals surface area contributed by atoms with E-state index >= 15 is 0 Å². The van der Waals surface area contributed by atoms with Gasteiger partial charge in [0.2, 0.25) is 0 Å². The topological polar surface area (TPSA) is 72.9 Å². The lowest BCUT2D eigenvalue weighted by atomic mass is 10.3. The van der Waals surface area contributed by atoms with Gasteiger partial charge in [0.25, 0.3) is 10.0 Å². The van der Waals surface area contributed by atoms with Crippen molar-refractivity contribution in [1.29, 1.82) is 0 Å². The molecule has 0 amide bonds. The molecule has 9 heteroatoms. The molecule has 0 heterocycles. The molecular weight excluding hydrogens is 413 g/mol. The second kappa shape index (κ2) is 8.82. The Hall–Kier alpha value is -1.96. The fourth-order valence-corrected chi connectivity index (χ4v) is 4.43. The van der Waals surface area contributed by atoms with Gasteiger partial charge >= 0.3 is 5.97 Å². The molecule has 0 spiro atoms. The SMILES string of the molecule is COc1cccc(N(CC(=O)OC(C)C)S(=O)(=O)c2cc(Cl)ccc2Cl)c1. The van der Waals surface area contributed by atoms with Crippen LogP contribution in [0.2, 0.25) is 10.0 Å². The van der Waals surface area contributed by atoms with E-state index < -0.39 is 22.5 Å². The Bertz CT molecular complexity index is 931. The van der Waals surface area contributed by atoms with E-state index in [-0.39, 0.29) is 26.7 Å². The van der Waals surface area contributed by atoms with Gasteiger partial charge in [-0.1, -0.05) is 29.3 Å². The highest BCUT2D eigenvalue weighted by Crippen LogP contribution is 2.32. The number of methoxy groups -OCH3 is 1. The van der Waals surface area contributed by atoms with Crippen molar-refractivity contribution in [2.45, 2.75) is 24.8 Å². The van der Waals surface area contributed by atoms with Crippen molar-refractivity contribution in [2.75, 3.05) is 18.0 Å². The zero-order valence-electron chi connectivity index (χ0n) is 15.0. The minimum atomic E-state index is -4.20. The number of anilines is 1. The lowest BCUT2D eigenvalue weighted by molar-refractivity contribution is -0.145. The van der Waals surface area contributed by atoms with E-state index in [1.165, 1.54) is 31.4 Å². The number of carbonyl (C=O) groups is 1. The van der Waals surface area contributed by atoms with Gasteiger partial charge in [-0.25, -0.2) is 8.42 Å². The van der Waals surface area contributed by atoms with Crippen LogP contribution in [0.15, 0.2) is 47.4 Å². The minimum absolute atomic E-state index is 0.00970. The minimum Gasteiger partial charge on any atom is -0.497 e. The molecule has 2 rings (SSSR count). The molecule has 0 atom stereocenters. The molecular formula is C18H19Cl2NO5S. The molecule has 0 aliphatic rings. The molecule has 2 aromatic carbocycles. The summed E-state index contributed by atoms with van der Waals surface area (Å²) in [5.74, 6) is -0.267. The standard InChI is InChI=1S/C18H19Cl2NO5S/c1-12(2)26-18(22)11-21(14-5-4-6-15(10-14)25-3)27(23,24)17-9-13(19)7-8-16(17)20/h4-10,12H,11H2,1-3H3. The monoisotopic (exact) mass is 431 g/mol. The molecule has 0 N–H and O–H groups in total. The van der Waals surface area contributed by atoms with E-state index in [2.05, 4.69) is 0 Å². The molecule has 0 saturated heterocycles. The predicted octanol–water partition coefficient (Wildman–Crippen LogP) is 4.15. The fraction of sp³-hybridized carbons (Fsp3) is 0.278. The zero-order chi connectivity index (χ0) is 20.2. The molecule has 27 heavy (non-hydrogen) atoms. The van der Waals surface area contributed by atoms with Crippen LogP contribution in [0.1, 0.15) is 13.8 Å². The fourth-order valence-electron chi connectivity index (χ4n) is 2.29. The Morgan fingerprint density at radius 2 is 1.85 bits per heavy atom. The van der Waals surface area contributed by atoms with Crippen LogP contribution in [0.3, 0.4) is 0 Å². The van der Waals surface area contributed by atoms with Gasteiger partial charge in [0.15, 0.2) is 0 Å². The van der Waals surface area contributed by atoms with Crippen LogP contribution < -0.4 is 9.04 Å². The molecule has 6 nitrogen and oxygen atoms in total. The highest BCUT2D eigenvalue weighted by Gasteiger charge is 2.30. The predicted molar refractivity (Wildman–Crippen MR) is 105 cm³/mol. The van der Waals surface area contributed by atoms with Crippen LogP contribution in [0.5, 0.6) is 5.75 Å². The molecule has 146 valence electrons. The summed E-state index contributed by atoms with van der Waals surface area (Å²) in [6.45, 7) is 2.82. The Balaban J connectivity index is 2.56. The summed E-state index contributed by atoms with van der Waals surface area (Å²) in [6.07, 6.45) is -0.387. The van der Waals surface area contributed by atoms with Crippen LogP contribution in [0.25, 0.3) is 0 Å². The maximum absolute atomic E-state index is 13.3. The van der Waals surface area contributed by atoms with Gasteiger partial charge in [-0.05, 0) is 44.2 Å². The van der Waals surface area contributed by atoms with E-state index in [0.717, 1.165) is 4.31 Å². The summed E-state index contributed by atoms with van der Waals surface area (Å²) in [5, 5.41) is 0.192. The Labute approximate surface area is 168 Å². The number of ether oxygens (including phenoxy) is 2. The summed E-state index contributed by atoms with van der Waals surface area (Å²) >= 11 is 12.0. The Morgan fingerprint density at radius 3 is 2.48 bits per heavy atom. The lowest BCUT2D eigenvalue weighted by Crippen LogP contribution is -2.37. The number of benzene rings is 2. The van der Waals surface area contributed by atoms with Gasteiger partial charge in [0.1, 0.15) is 17.2 Å². The molecule has 0 fully saturated rings. The first-order valence-corrected chi connectivity index (χ1v) is 10.2. The number of hydrogen-bond acceptors (Lipinski definition) is 5. The van der Waals surface area contributed by atoms with Crippen molar-refractivity contribution in [2.24, 2.45) is 0 Å². The first-order chi connectivity index (χ1) is 12.6. The molecule has 0 unspecified atom stereocenters. The summed E-state index contributed by atoms with van der Waals surface area (Å²) < 4.78 is 37.7. The van der Waals surface area contributed by atoms with Gasteiger partial charge in [-0.3, -0.25) is 9.10 Å². The zero-order valence-corrected chi connectivity index (χ0v) is 17.3. The van der Waals surface area contributed by atoms with E-state index in [9.17, 15) is 13.2 Å². The summed E-state index contributed by atoms with van der Waals surface area (Å²) in [7, 11) is -2.75. The highest BCUT2D eigenvalue weighted by atomic mass is 35.5. The normalized spacial score (nSPS) is 11.3. The van der Waals surface area contributed by atoms with Crippen molar-refractivity contribution in [3.63, 3.8) is 0 Å². The van der Waals surface area contributed by atoms with Crippen molar-refractivity contribution < 1.29 is 22.7 Å². The molecule has 0 radical (unpaired) electrons. The van der Waals surface area contributed by atoms with Gasteiger partial charge in [0.05, 0.1) is 23.9 Å². The summed E-state index contributed by atoms with van der Waals surface area (Å²) in [5.41, 5.74) is 0.228. The Kier molecular flexibility index (Phi) is 6.97. The number of halogens is 2. The lowest BCUT2D eigenvalue weighted by Gasteiger charge is -2.25. The number of carbonyl (C=O) groups excluding carboxylic acids is 1. The van der Waals surface area contributed by atoms with Gasteiger partial charge in [-0.2, -0.15) is 0 Å². The third-order valence-corrected chi connectivity index (χ3v) is 5.93. The number of rotatable bonds is 7. The average Bonchev–Trinajstić information content (AvgIpc) is 2.61. The van der Waals surface area contributed by atoms with Crippen molar-refractivity contribution in [3.8, 4) is 5.75 Å². The molecule has 0 aliphatic heterocycles. The molecule has 0 bridgehead atoms. The number of esters is 1. The number of nitrogens with zero attached hydrogens (tertiary/aromatic N) is 1. The smallest absolute Gasteiger partial charge is 0.327 e.